The Labute approximate surface area is 194 Å². The average Bonchev–Trinajstić information content (AvgIpc) is 3.40. The van der Waals surface area contributed by atoms with Crippen LogP contribution in [0, 0.1) is 13.8 Å². The van der Waals surface area contributed by atoms with Gasteiger partial charge in [0.1, 0.15) is 17.2 Å². The first-order valence-electron chi connectivity index (χ1n) is 11.2. The molecule has 0 saturated carbocycles. The number of aromatic nitrogens is 4. The van der Waals surface area contributed by atoms with Crippen LogP contribution in [0.5, 0.6) is 0 Å². The Morgan fingerprint density at radius 3 is 2.82 bits per heavy atom. The largest absolute Gasteiger partial charge is 0.382 e. The van der Waals surface area contributed by atoms with Gasteiger partial charge in [0.15, 0.2) is 0 Å². The molecule has 3 aromatic heterocycles. The van der Waals surface area contributed by atoms with Crippen LogP contribution in [0.1, 0.15) is 52.1 Å². The SMILES string of the molecule is Cc1nc2cc(C3CCCCN3C(=O)c3ccc4nc(N)c5cnc(C)n5c4c3)ccc2s1. The normalized spacial score (nSPS) is 16.8. The number of fused-ring (bicyclic) bond motifs is 4. The van der Waals surface area contributed by atoms with E-state index >= 15 is 0 Å². The van der Waals surface area contributed by atoms with Gasteiger partial charge in [-0.3, -0.25) is 9.20 Å². The quantitative estimate of drug-likeness (QED) is 0.401. The van der Waals surface area contributed by atoms with Crippen molar-refractivity contribution in [3.63, 3.8) is 0 Å². The molecule has 1 aliphatic rings. The summed E-state index contributed by atoms with van der Waals surface area (Å²) >= 11 is 1.70. The maximum Gasteiger partial charge on any atom is 0.254 e. The Morgan fingerprint density at radius 2 is 1.94 bits per heavy atom. The zero-order valence-corrected chi connectivity index (χ0v) is 19.4. The van der Waals surface area contributed by atoms with Crippen molar-refractivity contribution in [1.82, 2.24) is 24.3 Å². The summed E-state index contributed by atoms with van der Waals surface area (Å²) in [5.41, 5.74) is 11.3. The van der Waals surface area contributed by atoms with Crippen LogP contribution in [-0.4, -0.2) is 36.7 Å². The highest BCUT2D eigenvalue weighted by Gasteiger charge is 2.29. The number of likely N-dealkylation sites (tertiary alicyclic amines) is 1. The zero-order valence-electron chi connectivity index (χ0n) is 18.6. The number of thiazole rings is 1. The summed E-state index contributed by atoms with van der Waals surface area (Å²) in [4.78, 5) is 29.3. The van der Waals surface area contributed by atoms with E-state index in [4.69, 9.17) is 5.73 Å². The number of nitrogens with two attached hydrogens (primary N) is 1. The van der Waals surface area contributed by atoms with Gasteiger partial charge >= 0.3 is 0 Å². The van der Waals surface area contributed by atoms with E-state index in [1.165, 1.54) is 4.70 Å². The first kappa shape index (κ1) is 20.1. The number of amides is 1. The van der Waals surface area contributed by atoms with Crippen molar-refractivity contribution < 1.29 is 4.79 Å². The van der Waals surface area contributed by atoms with Gasteiger partial charge in [-0.05, 0) is 69.0 Å². The van der Waals surface area contributed by atoms with Crippen molar-refractivity contribution in [3.05, 3.63) is 64.6 Å². The van der Waals surface area contributed by atoms with Crippen LogP contribution in [0.15, 0.2) is 42.6 Å². The molecule has 5 aromatic rings. The second-order valence-electron chi connectivity index (χ2n) is 8.70. The molecule has 6 rings (SSSR count). The van der Waals surface area contributed by atoms with E-state index < -0.39 is 0 Å². The maximum absolute atomic E-state index is 13.8. The Kier molecular flexibility index (Phi) is 4.58. The van der Waals surface area contributed by atoms with Crippen LogP contribution < -0.4 is 5.73 Å². The number of piperidine rings is 1. The first-order chi connectivity index (χ1) is 16.0. The molecule has 8 heteroatoms. The Balaban J connectivity index is 1.42. The molecule has 4 heterocycles. The summed E-state index contributed by atoms with van der Waals surface area (Å²) in [5.74, 6) is 1.29. The number of carbonyl (C=O) groups excluding carboxylic acids is 1. The summed E-state index contributed by atoms with van der Waals surface area (Å²) < 4.78 is 3.16. The van der Waals surface area contributed by atoms with Crippen LogP contribution in [0.3, 0.4) is 0 Å². The van der Waals surface area contributed by atoms with Gasteiger partial charge in [0.05, 0.1) is 38.5 Å². The van der Waals surface area contributed by atoms with Gasteiger partial charge in [0, 0.05) is 12.1 Å². The third-order valence-electron chi connectivity index (χ3n) is 6.57. The molecule has 1 fully saturated rings. The van der Waals surface area contributed by atoms with Gasteiger partial charge in [-0.15, -0.1) is 11.3 Å². The molecule has 166 valence electrons. The topological polar surface area (TPSA) is 89.4 Å². The molecule has 1 unspecified atom stereocenters. The molecule has 0 radical (unpaired) electrons. The van der Waals surface area contributed by atoms with E-state index in [9.17, 15) is 4.79 Å². The predicted octanol–water partition coefficient (Wildman–Crippen LogP) is 5.06. The van der Waals surface area contributed by atoms with E-state index in [0.29, 0.717) is 11.4 Å². The number of rotatable bonds is 2. The molecule has 1 atom stereocenters. The number of carbonyl (C=O) groups is 1. The lowest BCUT2D eigenvalue weighted by Gasteiger charge is -2.36. The van der Waals surface area contributed by atoms with Gasteiger partial charge in [-0.2, -0.15) is 0 Å². The third kappa shape index (κ3) is 3.24. The molecule has 0 aliphatic carbocycles. The predicted molar refractivity (Wildman–Crippen MR) is 132 cm³/mol. The molecule has 2 N–H and O–H groups in total. The lowest BCUT2D eigenvalue weighted by Crippen LogP contribution is -2.38. The minimum atomic E-state index is 0.0406. The van der Waals surface area contributed by atoms with E-state index in [0.717, 1.165) is 64.3 Å². The van der Waals surface area contributed by atoms with E-state index in [-0.39, 0.29) is 11.9 Å². The monoisotopic (exact) mass is 456 g/mol. The molecule has 1 amide bonds. The van der Waals surface area contributed by atoms with Gasteiger partial charge in [-0.1, -0.05) is 6.07 Å². The van der Waals surface area contributed by atoms with Crippen molar-refractivity contribution >= 4 is 49.8 Å². The van der Waals surface area contributed by atoms with Gasteiger partial charge < -0.3 is 10.6 Å². The Bertz CT molecular complexity index is 1550. The van der Waals surface area contributed by atoms with Crippen molar-refractivity contribution in [1.29, 1.82) is 0 Å². The number of anilines is 1. The second-order valence-corrected chi connectivity index (χ2v) is 9.93. The fourth-order valence-electron chi connectivity index (χ4n) is 5.00. The van der Waals surface area contributed by atoms with E-state index in [1.807, 2.05) is 41.3 Å². The summed E-state index contributed by atoms with van der Waals surface area (Å²) in [6.45, 7) is 4.70. The lowest BCUT2D eigenvalue weighted by atomic mass is 9.94. The minimum Gasteiger partial charge on any atom is -0.382 e. The fraction of sp³-hybridized carbons (Fsp3) is 0.280. The van der Waals surface area contributed by atoms with Crippen LogP contribution in [0.2, 0.25) is 0 Å². The van der Waals surface area contributed by atoms with Gasteiger partial charge in [0.2, 0.25) is 0 Å². The number of benzene rings is 2. The molecule has 1 aliphatic heterocycles. The fourth-order valence-corrected chi connectivity index (χ4v) is 5.81. The minimum absolute atomic E-state index is 0.0406. The number of aryl methyl sites for hydroxylation is 2. The highest BCUT2D eigenvalue weighted by molar-refractivity contribution is 7.18. The van der Waals surface area contributed by atoms with E-state index in [2.05, 4.69) is 33.2 Å². The van der Waals surface area contributed by atoms with Crippen molar-refractivity contribution in [2.75, 3.05) is 12.3 Å². The molecule has 7 nitrogen and oxygen atoms in total. The third-order valence-corrected chi connectivity index (χ3v) is 7.52. The maximum atomic E-state index is 13.8. The molecule has 0 bridgehead atoms. The van der Waals surface area contributed by atoms with Crippen LogP contribution >= 0.6 is 11.3 Å². The molecular formula is C25H24N6OS. The highest BCUT2D eigenvalue weighted by Crippen LogP contribution is 2.35. The van der Waals surface area contributed by atoms with Crippen molar-refractivity contribution in [2.45, 2.75) is 39.2 Å². The molecule has 0 spiro atoms. The van der Waals surface area contributed by atoms with Crippen molar-refractivity contribution in [3.8, 4) is 0 Å². The molecular weight excluding hydrogens is 432 g/mol. The number of hydrogen-bond acceptors (Lipinski definition) is 6. The smallest absolute Gasteiger partial charge is 0.254 e. The Hall–Kier alpha value is -3.52. The average molecular weight is 457 g/mol. The number of imidazole rings is 1. The van der Waals surface area contributed by atoms with Gasteiger partial charge in [0.25, 0.3) is 5.91 Å². The lowest BCUT2D eigenvalue weighted by molar-refractivity contribution is 0.0612. The highest BCUT2D eigenvalue weighted by atomic mass is 32.1. The number of hydrogen-bond donors (Lipinski definition) is 1. The summed E-state index contributed by atoms with van der Waals surface area (Å²) in [6, 6.07) is 12.1. The van der Waals surface area contributed by atoms with Crippen molar-refractivity contribution in [2.24, 2.45) is 0 Å². The summed E-state index contributed by atoms with van der Waals surface area (Å²) in [6.07, 6.45) is 4.80. The first-order valence-corrected chi connectivity index (χ1v) is 12.0. The summed E-state index contributed by atoms with van der Waals surface area (Å²) in [5, 5.41) is 1.06. The second kappa shape index (κ2) is 7.52. The number of nitrogens with zero attached hydrogens (tertiary/aromatic N) is 5. The molecule has 33 heavy (non-hydrogen) atoms. The van der Waals surface area contributed by atoms with E-state index in [1.54, 1.807) is 17.5 Å². The van der Waals surface area contributed by atoms with Crippen LogP contribution in [0.4, 0.5) is 5.82 Å². The van der Waals surface area contributed by atoms with Crippen LogP contribution in [0.25, 0.3) is 26.8 Å². The number of nitrogen functional groups attached to an aromatic ring is 1. The standard InChI is InChI=1S/C25H24N6OS/c1-14-27-13-22-24(26)29-18-8-6-17(12-21(18)31(14)22)25(32)30-10-4-3-5-20(30)16-7-9-23-19(11-16)28-15(2)33-23/h6-9,11-13,20H,3-5,10H2,1-2H3,(H2,26,29). The van der Waals surface area contributed by atoms with Crippen LogP contribution in [-0.2, 0) is 0 Å². The molecule has 1 saturated heterocycles. The zero-order chi connectivity index (χ0) is 22.7. The van der Waals surface area contributed by atoms with Gasteiger partial charge in [-0.25, -0.2) is 15.0 Å². The summed E-state index contributed by atoms with van der Waals surface area (Å²) in [7, 11) is 0. The Morgan fingerprint density at radius 1 is 1.06 bits per heavy atom. The molecule has 2 aromatic carbocycles.